The smallest absolute Gasteiger partial charge is 0.417 e. The second kappa shape index (κ2) is 7.86. The van der Waals surface area contributed by atoms with Crippen molar-refractivity contribution in [2.24, 2.45) is 0 Å². The zero-order chi connectivity index (χ0) is 22.2. The molecule has 2 aromatic heterocycles. The van der Waals surface area contributed by atoms with Crippen LogP contribution in [0.15, 0.2) is 67.0 Å². The van der Waals surface area contributed by atoms with Crippen LogP contribution in [0.1, 0.15) is 28.3 Å². The molecule has 1 atom stereocenters. The first kappa shape index (κ1) is 20.6. The molecule has 0 radical (unpaired) electrons. The first-order chi connectivity index (χ1) is 14.7. The molecular formula is C23H17F4N3O. The molecule has 4 nitrogen and oxygen atoms in total. The second-order valence-electron chi connectivity index (χ2n) is 7.11. The van der Waals surface area contributed by atoms with Gasteiger partial charge >= 0.3 is 6.18 Å². The average Bonchev–Trinajstić information content (AvgIpc) is 2.73. The third kappa shape index (κ3) is 4.14. The van der Waals surface area contributed by atoms with Gasteiger partial charge in [0.2, 0.25) is 0 Å². The van der Waals surface area contributed by atoms with Gasteiger partial charge in [0.25, 0.3) is 0 Å². The first-order valence-electron chi connectivity index (χ1n) is 9.36. The molecule has 0 spiro atoms. The zero-order valence-electron chi connectivity index (χ0n) is 16.3. The van der Waals surface area contributed by atoms with Gasteiger partial charge in [-0.2, -0.15) is 13.2 Å². The first-order valence-corrected chi connectivity index (χ1v) is 9.36. The molecular weight excluding hydrogens is 410 g/mol. The van der Waals surface area contributed by atoms with Crippen molar-refractivity contribution in [3.05, 3.63) is 95.1 Å². The van der Waals surface area contributed by atoms with E-state index in [4.69, 9.17) is 0 Å². The van der Waals surface area contributed by atoms with Crippen molar-refractivity contribution >= 4 is 16.7 Å². The number of hydrogen-bond acceptors (Lipinski definition) is 4. The summed E-state index contributed by atoms with van der Waals surface area (Å²) in [6.45, 7) is 1.74. The van der Waals surface area contributed by atoms with Crippen LogP contribution in [0.4, 0.5) is 23.4 Å². The Morgan fingerprint density at radius 2 is 1.74 bits per heavy atom. The number of nitrogens with one attached hydrogen (secondary N) is 1. The Hall–Kier alpha value is -3.68. The van der Waals surface area contributed by atoms with Crippen molar-refractivity contribution < 1.29 is 22.7 Å². The SMILES string of the molecule is Cc1ccc(C(Nc2ccc(C(F)(F)F)cn2)c2ccc3cccnc3c2O)c(F)c1. The lowest BCUT2D eigenvalue weighted by Gasteiger charge is -2.23. The lowest BCUT2D eigenvalue weighted by Crippen LogP contribution is -2.16. The number of anilines is 1. The fraction of sp³-hybridized carbons (Fsp3) is 0.130. The molecule has 0 saturated carbocycles. The molecule has 2 aromatic carbocycles. The van der Waals surface area contributed by atoms with Gasteiger partial charge < -0.3 is 10.4 Å². The van der Waals surface area contributed by atoms with Crippen molar-refractivity contribution in [3.63, 3.8) is 0 Å². The van der Waals surface area contributed by atoms with E-state index >= 15 is 0 Å². The molecule has 0 aliphatic heterocycles. The summed E-state index contributed by atoms with van der Waals surface area (Å²) in [4.78, 5) is 8.01. The summed E-state index contributed by atoms with van der Waals surface area (Å²) in [5.41, 5.74) is 0.666. The van der Waals surface area contributed by atoms with Crippen molar-refractivity contribution in [2.45, 2.75) is 19.1 Å². The van der Waals surface area contributed by atoms with Crippen LogP contribution in [0.25, 0.3) is 10.9 Å². The van der Waals surface area contributed by atoms with Crippen LogP contribution in [0.3, 0.4) is 0 Å². The van der Waals surface area contributed by atoms with Gasteiger partial charge in [0.1, 0.15) is 22.9 Å². The minimum Gasteiger partial charge on any atom is -0.505 e. The fourth-order valence-electron chi connectivity index (χ4n) is 3.36. The largest absolute Gasteiger partial charge is 0.505 e. The molecule has 0 saturated heterocycles. The van der Waals surface area contributed by atoms with Gasteiger partial charge in [-0.1, -0.05) is 30.3 Å². The maximum Gasteiger partial charge on any atom is 0.417 e. The number of aryl methyl sites for hydroxylation is 1. The Labute approximate surface area is 175 Å². The van der Waals surface area contributed by atoms with E-state index in [2.05, 4.69) is 15.3 Å². The number of aromatic hydroxyl groups is 1. The average molecular weight is 427 g/mol. The van der Waals surface area contributed by atoms with Gasteiger partial charge in [0.05, 0.1) is 11.6 Å². The standard InChI is InChI=1S/C23H17F4N3O/c1-13-4-7-16(18(24)11-13)21(30-19-9-6-15(12-29-19)23(25,26)27)17-8-5-14-3-2-10-28-20(14)22(17)31/h2-12,21,31H,1H3,(H,29,30). The zero-order valence-corrected chi connectivity index (χ0v) is 16.3. The maximum absolute atomic E-state index is 14.8. The number of pyridine rings is 2. The van der Waals surface area contributed by atoms with Crippen LogP contribution in [-0.4, -0.2) is 15.1 Å². The summed E-state index contributed by atoms with van der Waals surface area (Å²) in [5.74, 6) is -0.578. The number of nitrogens with zero attached hydrogens (tertiary/aromatic N) is 2. The predicted octanol–water partition coefficient (Wildman–Crippen LogP) is 6.00. The lowest BCUT2D eigenvalue weighted by atomic mass is 9.95. The molecule has 4 rings (SSSR count). The van der Waals surface area contributed by atoms with Crippen LogP contribution in [0, 0.1) is 12.7 Å². The highest BCUT2D eigenvalue weighted by Gasteiger charge is 2.31. The lowest BCUT2D eigenvalue weighted by molar-refractivity contribution is -0.137. The van der Waals surface area contributed by atoms with Crippen molar-refractivity contribution in [3.8, 4) is 5.75 Å². The number of benzene rings is 2. The Morgan fingerprint density at radius 1 is 0.968 bits per heavy atom. The highest BCUT2D eigenvalue weighted by atomic mass is 19.4. The molecule has 2 N–H and O–H groups in total. The quantitative estimate of drug-likeness (QED) is 0.392. The van der Waals surface area contributed by atoms with E-state index in [0.29, 0.717) is 28.2 Å². The van der Waals surface area contributed by atoms with Crippen LogP contribution >= 0.6 is 0 Å². The second-order valence-corrected chi connectivity index (χ2v) is 7.11. The van der Waals surface area contributed by atoms with E-state index in [9.17, 15) is 22.7 Å². The normalized spacial score (nSPS) is 12.7. The number of halogens is 4. The van der Waals surface area contributed by atoms with Crippen LogP contribution in [-0.2, 0) is 6.18 Å². The Balaban J connectivity index is 1.82. The Bertz CT molecular complexity index is 1240. The number of phenolic OH excluding ortho intramolecular Hbond substituents is 1. The van der Waals surface area contributed by atoms with Gasteiger partial charge in [0, 0.05) is 28.9 Å². The molecule has 0 amide bonds. The van der Waals surface area contributed by atoms with Gasteiger partial charge in [-0.15, -0.1) is 0 Å². The van der Waals surface area contributed by atoms with E-state index in [1.807, 2.05) is 0 Å². The topological polar surface area (TPSA) is 58.0 Å². The number of rotatable bonds is 4. The number of alkyl halides is 3. The van der Waals surface area contributed by atoms with E-state index in [1.165, 1.54) is 12.3 Å². The van der Waals surface area contributed by atoms with E-state index in [1.54, 1.807) is 43.3 Å². The highest BCUT2D eigenvalue weighted by Crippen LogP contribution is 2.37. The van der Waals surface area contributed by atoms with Crippen LogP contribution < -0.4 is 5.32 Å². The van der Waals surface area contributed by atoms with Gasteiger partial charge in [-0.25, -0.2) is 9.37 Å². The predicted molar refractivity (Wildman–Crippen MR) is 109 cm³/mol. The van der Waals surface area contributed by atoms with Crippen LogP contribution in [0.5, 0.6) is 5.75 Å². The molecule has 0 bridgehead atoms. The van der Waals surface area contributed by atoms with Crippen LogP contribution in [0.2, 0.25) is 0 Å². The summed E-state index contributed by atoms with van der Waals surface area (Å²) in [7, 11) is 0. The molecule has 4 aromatic rings. The summed E-state index contributed by atoms with van der Waals surface area (Å²) >= 11 is 0. The minimum atomic E-state index is -4.52. The monoisotopic (exact) mass is 427 g/mol. The van der Waals surface area contributed by atoms with Crippen molar-refractivity contribution in [2.75, 3.05) is 5.32 Å². The molecule has 0 fully saturated rings. The molecule has 0 aliphatic carbocycles. The highest BCUT2D eigenvalue weighted by molar-refractivity contribution is 5.86. The van der Waals surface area contributed by atoms with Gasteiger partial charge in [-0.05, 0) is 36.8 Å². The molecule has 31 heavy (non-hydrogen) atoms. The number of hydrogen-bond donors (Lipinski definition) is 2. The molecule has 158 valence electrons. The maximum atomic E-state index is 14.8. The molecule has 8 heteroatoms. The molecule has 2 heterocycles. The summed E-state index contributed by atoms with van der Waals surface area (Å²) in [6.07, 6.45) is -2.29. The number of fused-ring (bicyclic) bond motifs is 1. The third-order valence-electron chi connectivity index (χ3n) is 4.94. The number of aromatic nitrogens is 2. The Morgan fingerprint density at radius 3 is 2.42 bits per heavy atom. The van der Waals surface area contributed by atoms with Gasteiger partial charge in [-0.3, -0.25) is 4.98 Å². The number of phenols is 1. The fourth-order valence-corrected chi connectivity index (χ4v) is 3.36. The van der Waals surface area contributed by atoms with E-state index in [-0.39, 0.29) is 17.1 Å². The minimum absolute atomic E-state index is 0.0958. The Kier molecular flexibility index (Phi) is 5.22. The van der Waals surface area contributed by atoms with E-state index < -0.39 is 23.6 Å². The third-order valence-corrected chi connectivity index (χ3v) is 4.94. The summed E-state index contributed by atoms with van der Waals surface area (Å²) in [5, 5.41) is 14.5. The van der Waals surface area contributed by atoms with Crippen molar-refractivity contribution in [1.29, 1.82) is 0 Å². The molecule has 1 unspecified atom stereocenters. The molecule has 0 aliphatic rings. The van der Waals surface area contributed by atoms with Gasteiger partial charge in [0.15, 0.2) is 0 Å². The van der Waals surface area contributed by atoms with E-state index in [0.717, 1.165) is 12.1 Å². The summed E-state index contributed by atoms with van der Waals surface area (Å²) < 4.78 is 53.4. The van der Waals surface area contributed by atoms with Crippen molar-refractivity contribution in [1.82, 2.24) is 9.97 Å². The summed E-state index contributed by atoms with van der Waals surface area (Å²) in [6, 6.07) is 12.6.